The number of cyclic esters (lactones) is 1. The summed E-state index contributed by atoms with van der Waals surface area (Å²) in [4.78, 5) is 38.9. The number of hydrogen-bond acceptors (Lipinski definition) is 8. The van der Waals surface area contributed by atoms with Crippen LogP contribution in [-0.2, 0) is 24.5 Å². The molecule has 0 radical (unpaired) electrons. The number of carbonyl (C=O) groups is 2. The fourth-order valence-corrected chi connectivity index (χ4v) is 3.63. The monoisotopic (exact) mass is 382 g/mol. The van der Waals surface area contributed by atoms with Crippen molar-refractivity contribution in [2.45, 2.75) is 18.8 Å². The number of ether oxygens (including phenoxy) is 2. The van der Waals surface area contributed by atoms with Gasteiger partial charge in [0.15, 0.2) is 11.1 Å². The Hall–Kier alpha value is -3.49. The van der Waals surface area contributed by atoms with E-state index in [1.807, 2.05) is 6.07 Å². The van der Waals surface area contributed by atoms with Crippen LogP contribution in [0.4, 0.5) is 5.69 Å². The van der Waals surface area contributed by atoms with Gasteiger partial charge in [0.05, 0.1) is 36.3 Å². The van der Waals surface area contributed by atoms with Gasteiger partial charge in [0, 0.05) is 13.5 Å². The van der Waals surface area contributed by atoms with Crippen molar-refractivity contribution in [3.05, 3.63) is 52.4 Å². The third-order valence-corrected chi connectivity index (χ3v) is 4.92. The van der Waals surface area contributed by atoms with Crippen LogP contribution < -0.4 is 10.6 Å². The number of hydrogen-bond donors (Lipinski definition) is 0. The van der Waals surface area contributed by atoms with Crippen LogP contribution in [0.2, 0.25) is 0 Å². The summed E-state index contributed by atoms with van der Waals surface area (Å²) in [6.45, 7) is 1.85. The van der Waals surface area contributed by atoms with E-state index in [0.717, 1.165) is 0 Å². The van der Waals surface area contributed by atoms with E-state index in [2.05, 4.69) is 10.2 Å². The summed E-state index contributed by atoms with van der Waals surface area (Å²) < 4.78 is 11.5. The highest BCUT2D eigenvalue weighted by atomic mass is 16.5. The molecular weight excluding hydrogens is 364 g/mol. The molecule has 1 atom stereocenters. The van der Waals surface area contributed by atoms with Gasteiger partial charge in [0.1, 0.15) is 0 Å². The van der Waals surface area contributed by atoms with Gasteiger partial charge in [-0.3, -0.25) is 14.6 Å². The van der Waals surface area contributed by atoms with Crippen LogP contribution in [0.1, 0.15) is 18.9 Å². The highest BCUT2D eigenvalue weighted by molar-refractivity contribution is 6.45. The van der Waals surface area contributed by atoms with Crippen LogP contribution >= 0.6 is 0 Å². The molecule has 1 saturated heterocycles. The lowest BCUT2D eigenvalue weighted by Gasteiger charge is -2.34. The van der Waals surface area contributed by atoms with Crippen molar-refractivity contribution in [3.63, 3.8) is 0 Å². The smallest absolute Gasteiger partial charge is 0.356 e. The Morgan fingerprint density at radius 3 is 2.68 bits per heavy atom. The number of hydrazone groups is 1. The summed E-state index contributed by atoms with van der Waals surface area (Å²) in [5.41, 5.74) is -1.25. The molecule has 1 aromatic carbocycles. The second-order valence-electron chi connectivity index (χ2n) is 6.44. The number of fused-ring (bicyclic) bond motifs is 2. The number of para-hydroxylation sites is 1. The van der Waals surface area contributed by atoms with Gasteiger partial charge in [-0.15, -0.1) is 0 Å². The minimum atomic E-state index is -1.61. The molecule has 0 bridgehead atoms. The highest BCUT2D eigenvalue weighted by Gasteiger charge is 2.58. The van der Waals surface area contributed by atoms with Crippen molar-refractivity contribution in [2.24, 2.45) is 5.10 Å². The predicted molar refractivity (Wildman–Crippen MR) is 99.6 cm³/mol. The molecule has 9 nitrogen and oxygen atoms in total. The first-order valence-electron chi connectivity index (χ1n) is 8.86. The molecule has 4 rings (SSSR count). The Kier molecular flexibility index (Phi) is 4.21. The summed E-state index contributed by atoms with van der Waals surface area (Å²) in [5, 5.41) is 9.84. The molecule has 1 fully saturated rings. The largest absolute Gasteiger partial charge is 0.465 e. The fraction of sp³-hybridized carbons (Fsp3) is 0.316. The molecule has 1 aromatic heterocycles. The van der Waals surface area contributed by atoms with Crippen molar-refractivity contribution < 1.29 is 19.1 Å². The summed E-state index contributed by atoms with van der Waals surface area (Å²) in [7, 11) is 1.58. The highest BCUT2D eigenvalue weighted by Crippen LogP contribution is 2.42. The van der Waals surface area contributed by atoms with Crippen LogP contribution in [0.5, 0.6) is 0 Å². The Balaban J connectivity index is 2.00. The molecule has 3 heterocycles. The van der Waals surface area contributed by atoms with E-state index in [1.165, 1.54) is 15.9 Å². The van der Waals surface area contributed by atoms with Crippen molar-refractivity contribution in [3.8, 4) is 5.69 Å². The lowest BCUT2D eigenvalue weighted by Crippen LogP contribution is -2.53. The van der Waals surface area contributed by atoms with Crippen molar-refractivity contribution in [1.29, 1.82) is 0 Å². The Bertz CT molecular complexity index is 1050. The van der Waals surface area contributed by atoms with Gasteiger partial charge in [0.2, 0.25) is 0 Å². The van der Waals surface area contributed by atoms with E-state index >= 15 is 0 Å². The van der Waals surface area contributed by atoms with Gasteiger partial charge in [-0.2, -0.15) is 14.9 Å². The number of carbonyl (C=O) groups excluding carboxylic acids is 2. The van der Waals surface area contributed by atoms with Gasteiger partial charge >= 0.3 is 11.9 Å². The van der Waals surface area contributed by atoms with E-state index in [4.69, 9.17) is 9.47 Å². The molecular formula is C19H18N4O5. The normalized spacial score (nSPS) is 20.6. The Morgan fingerprint density at radius 2 is 2.04 bits per heavy atom. The van der Waals surface area contributed by atoms with Gasteiger partial charge in [-0.1, -0.05) is 18.2 Å². The summed E-state index contributed by atoms with van der Waals surface area (Å²) in [5.74, 6) is -1.43. The van der Waals surface area contributed by atoms with Crippen LogP contribution in [0.3, 0.4) is 0 Å². The van der Waals surface area contributed by atoms with Crippen molar-refractivity contribution in [1.82, 2.24) is 9.78 Å². The summed E-state index contributed by atoms with van der Waals surface area (Å²) in [6.07, 6.45) is 1.58. The number of nitrogens with zero attached hydrogens (tertiary/aromatic N) is 4. The molecule has 0 aliphatic carbocycles. The standard InChI is InChI=1S/C19H18N4O5/c1-3-27-17(25)15-19(9-10-28-18(19)26)14-13(22(2)21-15)11-20-23(16(14)24)12-7-5-4-6-8-12/h4-8,11H,3,9-10H2,1-2H3. The number of benzene rings is 1. The maximum Gasteiger partial charge on any atom is 0.356 e. The van der Waals surface area contributed by atoms with E-state index in [9.17, 15) is 14.4 Å². The zero-order chi connectivity index (χ0) is 19.9. The van der Waals surface area contributed by atoms with E-state index < -0.39 is 22.9 Å². The predicted octanol–water partition coefficient (Wildman–Crippen LogP) is 0.786. The lowest BCUT2D eigenvalue weighted by atomic mass is 9.74. The molecule has 2 aliphatic heterocycles. The first-order chi connectivity index (χ1) is 13.5. The topological polar surface area (TPSA) is 103 Å². The van der Waals surface area contributed by atoms with Crippen LogP contribution in [0, 0.1) is 0 Å². The number of aromatic nitrogens is 2. The number of anilines is 1. The molecule has 2 aromatic rings. The summed E-state index contributed by atoms with van der Waals surface area (Å²) >= 11 is 0. The number of rotatable bonds is 3. The van der Waals surface area contributed by atoms with E-state index in [1.54, 1.807) is 38.2 Å². The maximum atomic E-state index is 13.5. The Morgan fingerprint density at radius 1 is 1.29 bits per heavy atom. The first kappa shape index (κ1) is 17.9. The van der Waals surface area contributed by atoms with E-state index in [0.29, 0.717) is 11.4 Å². The minimum Gasteiger partial charge on any atom is -0.465 e. The van der Waals surface area contributed by atoms with Crippen LogP contribution in [0.25, 0.3) is 5.69 Å². The number of esters is 2. The first-order valence-corrected chi connectivity index (χ1v) is 8.86. The van der Waals surface area contributed by atoms with Crippen molar-refractivity contribution >= 4 is 23.3 Å². The molecule has 1 spiro atoms. The second kappa shape index (κ2) is 6.59. The lowest BCUT2D eigenvalue weighted by molar-refractivity contribution is -0.143. The van der Waals surface area contributed by atoms with Crippen LogP contribution in [0.15, 0.2) is 46.4 Å². The fourth-order valence-electron chi connectivity index (χ4n) is 3.63. The average molecular weight is 382 g/mol. The van der Waals surface area contributed by atoms with Gasteiger partial charge in [0.25, 0.3) is 5.56 Å². The van der Waals surface area contributed by atoms with Gasteiger partial charge < -0.3 is 9.47 Å². The Labute approximate surface area is 160 Å². The second-order valence-corrected chi connectivity index (χ2v) is 6.44. The third kappa shape index (κ3) is 2.43. The summed E-state index contributed by atoms with van der Waals surface area (Å²) in [6, 6.07) is 8.84. The molecule has 9 heteroatoms. The molecule has 144 valence electrons. The third-order valence-electron chi connectivity index (χ3n) is 4.92. The van der Waals surface area contributed by atoms with Crippen molar-refractivity contribution in [2.75, 3.05) is 25.3 Å². The maximum absolute atomic E-state index is 13.5. The average Bonchev–Trinajstić information content (AvgIpc) is 3.07. The zero-order valence-corrected chi connectivity index (χ0v) is 15.4. The minimum absolute atomic E-state index is 0.0769. The zero-order valence-electron chi connectivity index (χ0n) is 15.4. The molecule has 0 N–H and O–H groups in total. The molecule has 28 heavy (non-hydrogen) atoms. The molecule has 2 aliphatic rings. The SMILES string of the molecule is CCOC(=O)C1=NN(C)c2cnn(-c3ccccc3)c(=O)c2C12CCOC2=O. The van der Waals surface area contributed by atoms with E-state index in [-0.39, 0.29) is 30.9 Å². The van der Waals surface area contributed by atoms with Gasteiger partial charge in [-0.05, 0) is 19.1 Å². The van der Waals surface area contributed by atoms with Gasteiger partial charge in [-0.25, -0.2) is 4.79 Å². The molecule has 1 unspecified atom stereocenters. The quantitative estimate of drug-likeness (QED) is 0.723. The van der Waals surface area contributed by atoms with Crippen LogP contribution in [-0.4, -0.2) is 47.7 Å². The molecule has 0 saturated carbocycles. The molecule has 0 amide bonds.